The van der Waals surface area contributed by atoms with Crippen LogP contribution >= 0.6 is 0 Å². The maximum Gasteiger partial charge on any atom is 0.417 e. The molecule has 24 heavy (non-hydrogen) atoms. The van der Waals surface area contributed by atoms with Crippen LogP contribution in [0.15, 0.2) is 30.3 Å². The Kier molecular flexibility index (Phi) is 5.26. The molecule has 0 radical (unpaired) electrons. The molecule has 2 atom stereocenters. The van der Waals surface area contributed by atoms with E-state index in [9.17, 15) is 14.4 Å². The van der Waals surface area contributed by atoms with E-state index in [2.05, 4.69) is 0 Å². The van der Waals surface area contributed by atoms with E-state index in [1.807, 2.05) is 30.3 Å². The molecule has 2 amide bonds. The minimum absolute atomic E-state index is 0.138. The molecular weight excluding hydrogens is 310 g/mol. The van der Waals surface area contributed by atoms with E-state index in [0.29, 0.717) is 6.42 Å². The average Bonchev–Trinajstić information content (AvgIpc) is 2.52. The number of hydrogen-bond acceptors (Lipinski definition) is 5. The molecule has 1 aliphatic rings. The number of piperidine rings is 1. The molecule has 1 saturated heterocycles. The van der Waals surface area contributed by atoms with Gasteiger partial charge in [0.2, 0.25) is 5.91 Å². The van der Waals surface area contributed by atoms with Crippen LogP contribution in [0.4, 0.5) is 4.79 Å². The SMILES string of the molecule is COC(=O)[C@@H]1C[C@@H](c2ccccc2)CC(=O)N1C(=O)OC(C)(C)C. The third-order valence-corrected chi connectivity index (χ3v) is 3.84. The van der Waals surface area contributed by atoms with Gasteiger partial charge in [-0.2, -0.15) is 0 Å². The van der Waals surface area contributed by atoms with Gasteiger partial charge in [-0.05, 0) is 38.7 Å². The molecule has 1 aromatic rings. The van der Waals surface area contributed by atoms with Crippen LogP contribution in [0.5, 0.6) is 0 Å². The fourth-order valence-electron chi connectivity index (χ4n) is 2.80. The summed E-state index contributed by atoms with van der Waals surface area (Å²) in [5, 5.41) is 0. The van der Waals surface area contributed by atoms with Gasteiger partial charge in [0, 0.05) is 6.42 Å². The molecule has 2 rings (SSSR count). The van der Waals surface area contributed by atoms with Gasteiger partial charge >= 0.3 is 12.1 Å². The predicted octanol–water partition coefficient (Wildman–Crippen LogP) is 2.87. The highest BCUT2D eigenvalue weighted by Crippen LogP contribution is 2.33. The van der Waals surface area contributed by atoms with Crippen LogP contribution in [0.2, 0.25) is 0 Å². The maximum atomic E-state index is 12.6. The number of esters is 1. The zero-order valence-electron chi connectivity index (χ0n) is 14.4. The van der Waals surface area contributed by atoms with Crippen LogP contribution < -0.4 is 0 Å². The number of hydrogen-bond donors (Lipinski definition) is 0. The maximum absolute atomic E-state index is 12.6. The fourth-order valence-corrected chi connectivity index (χ4v) is 2.80. The highest BCUT2D eigenvalue weighted by atomic mass is 16.6. The largest absolute Gasteiger partial charge is 0.467 e. The minimum atomic E-state index is -0.976. The van der Waals surface area contributed by atoms with E-state index in [1.54, 1.807) is 20.8 Å². The normalized spacial score (nSPS) is 21.3. The van der Waals surface area contributed by atoms with Crippen LogP contribution in [0.3, 0.4) is 0 Å². The molecule has 0 bridgehead atoms. The minimum Gasteiger partial charge on any atom is -0.467 e. The monoisotopic (exact) mass is 333 g/mol. The van der Waals surface area contributed by atoms with Gasteiger partial charge in [-0.3, -0.25) is 4.79 Å². The second-order valence-corrected chi connectivity index (χ2v) is 6.83. The highest BCUT2D eigenvalue weighted by molar-refractivity contribution is 5.98. The van der Waals surface area contributed by atoms with Crippen LogP contribution in [-0.2, 0) is 19.1 Å². The van der Waals surface area contributed by atoms with Gasteiger partial charge in [-0.15, -0.1) is 0 Å². The molecule has 0 saturated carbocycles. The average molecular weight is 333 g/mol. The second kappa shape index (κ2) is 7.03. The Bertz CT molecular complexity index is 620. The molecule has 0 aliphatic carbocycles. The van der Waals surface area contributed by atoms with Crippen molar-refractivity contribution in [2.75, 3.05) is 7.11 Å². The van der Waals surface area contributed by atoms with E-state index in [0.717, 1.165) is 10.5 Å². The van der Waals surface area contributed by atoms with Crippen LogP contribution in [0.25, 0.3) is 0 Å². The van der Waals surface area contributed by atoms with Gasteiger partial charge in [0.05, 0.1) is 7.11 Å². The van der Waals surface area contributed by atoms with Gasteiger partial charge in [0.25, 0.3) is 0 Å². The van der Waals surface area contributed by atoms with Crippen LogP contribution in [-0.4, -0.2) is 41.6 Å². The van der Waals surface area contributed by atoms with Gasteiger partial charge in [0.15, 0.2) is 0 Å². The van der Waals surface area contributed by atoms with Crippen LogP contribution in [0, 0.1) is 0 Å². The van der Waals surface area contributed by atoms with E-state index < -0.39 is 29.6 Å². The van der Waals surface area contributed by atoms with Gasteiger partial charge in [-0.1, -0.05) is 30.3 Å². The van der Waals surface area contributed by atoms with Crippen molar-refractivity contribution < 1.29 is 23.9 Å². The summed E-state index contributed by atoms with van der Waals surface area (Å²) in [4.78, 5) is 38.0. The second-order valence-electron chi connectivity index (χ2n) is 6.83. The zero-order valence-corrected chi connectivity index (χ0v) is 14.4. The Morgan fingerprint density at radius 2 is 1.79 bits per heavy atom. The zero-order chi connectivity index (χ0) is 17.9. The first-order chi connectivity index (χ1) is 11.2. The number of likely N-dealkylation sites (tertiary alicyclic amines) is 1. The topological polar surface area (TPSA) is 72.9 Å². The first-order valence-electron chi connectivity index (χ1n) is 7.90. The summed E-state index contributed by atoms with van der Waals surface area (Å²) in [6.07, 6.45) is -0.340. The van der Waals surface area contributed by atoms with Crippen molar-refractivity contribution in [1.29, 1.82) is 0 Å². The molecule has 0 N–H and O–H groups in total. The summed E-state index contributed by atoms with van der Waals surface area (Å²) >= 11 is 0. The molecule has 130 valence electrons. The number of ether oxygens (including phenoxy) is 2. The fraction of sp³-hybridized carbons (Fsp3) is 0.500. The Hall–Kier alpha value is -2.37. The number of amides is 2. The Labute approximate surface area is 141 Å². The lowest BCUT2D eigenvalue weighted by molar-refractivity contribution is -0.155. The number of imide groups is 1. The smallest absolute Gasteiger partial charge is 0.417 e. The summed E-state index contributed by atoms with van der Waals surface area (Å²) in [7, 11) is 1.24. The first-order valence-corrected chi connectivity index (χ1v) is 7.90. The lowest BCUT2D eigenvalue weighted by Gasteiger charge is -2.37. The van der Waals surface area contributed by atoms with Crippen molar-refractivity contribution in [3.05, 3.63) is 35.9 Å². The summed E-state index contributed by atoms with van der Waals surface area (Å²) in [5.41, 5.74) is 0.206. The summed E-state index contributed by atoms with van der Waals surface area (Å²) < 4.78 is 10.1. The molecule has 1 fully saturated rings. The third-order valence-electron chi connectivity index (χ3n) is 3.84. The Morgan fingerprint density at radius 1 is 1.17 bits per heavy atom. The molecule has 6 nitrogen and oxygen atoms in total. The standard InChI is InChI=1S/C18H23NO5/c1-18(2,3)24-17(22)19-14(16(21)23-4)10-13(11-15(19)20)12-8-6-5-7-9-12/h5-9,13-14H,10-11H2,1-4H3/t13-,14+/m1/s1. The molecule has 0 aromatic heterocycles. The van der Waals surface area contributed by atoms with Crippen molar-refractivity contribution in [3.8, 4) is 0 Å². The molecule has 0 spiro atoms. The molecule has 1 heterocycles. The van der Waals surface area contributed by atoms with E-state index in [4.69, 9.17) is 9.47 Å². The molecule has 1 aliphatic heterocycles. The number of carbonyl (C=O) groups is 3. The van der Waals surface area contributed by atoms with Crippen molar-refractivity contribution in [2.24, 2.45) is 0 Å². The molecular formula is C18H23NO5. The first kappa shape index (κ1) is 18.0. The van der Waals surface area contributed by atoms with Crippen LogP contribution in [0.1, 0.15) is 45.1 Å². The van der Waals surface area contributed by atoms with Crippen molar-refractivity contribution in [2.45, 2.75) is 51.2 Å². The quantitative estimate of drug-likeness (QED) is 0.778. The number of rotatable bonds is 2. The van der Waals surface area contributed by atoms with Gasteiger partial charge in [-0.25, -0.2) is 14.5 Å². The number of benzene rings is 1. The van der Waals surface area contributed by atoms with Crippen molar-refractivity contribution in [3.63, 3.8) is 0 Å². The number of nitrogens with zero attached hydrogens (tertiary/aromatic N) is 1. The van der Waals surface area contributed by atoms with Crippen molar-refractivity contribution in [1.82, 2.24) is 4.90 Å². The number of methoxy groups -OCH3 is 1. The lowest BCUT2D eigenvalue weighted by Crippen LogP contribution is -2.54. The third kappa shape index (κ3) is 4.13. The summed E-state index contributed by atoms with van der Waals surface area (Å²) in [6.45, 7) is 5.12. The predicted molar refractivity (Wildman–Crippen MR) is 87.3 cm³/mol. The Morgan fingerprint density at radius 3 is 2.33 bits per heavy atom. The van der Waals surface area contributed by atoms with Crippen molar-refractivity contribution >= 4 is 18.0 Å². The van der Waals surface area contributed by atoms with Gasteiger partial charge < -0.3 is 9.47 Å². The molecule has 0 unspecified atom stereocenters. The number of carbonyl (C=O) groups excluding carboxylic acids is 3. The molecule has 6 heteroatoms. The van der Waals surface area contributed by atoms with E-state index in [-0.39, 0.29) is 12.3 Å². The summed E-state index contributed by atoms with van der Waals surface area (Å²) in [6, 6.07) is 8.50. The van der Waals surface area contributed by atoms with E-state index in [1.165, 1.54) is 7.11 Å². The van der Waals surface area contributed by atoms with Gasteiger partial charge in [0.1, 0.15) is 11.6 Å². The highest BCUT2D eigenvalue weighted by Gasteiger charge is 2.44. The van der Waals surface area contributed by atoms with E-state index >= 15 is 0 Å². The lowest BCUT2D eigenvalue weighted by atomic mass is 9.85. The molecule has 1 aromatic carbocycles. The summed E-state index contributed by atoms with van der Waals surface area (Å²) in [5.74, 6) is -1.18. The Balaban J connectivity index is 2.27.